The van der Waals surface area contributed by atoms with Crippen LogP contribution < -0.4 is 14.4 Å². The Hall–Kier alpha value is -2.90. The van der Waals surface area contributed by atoms with Crippen LogP contribution in [-0.4, -0.2) is 65.3 Å². The third-order valence-electron chi connectivity index (χ3n) is 4.96. The summed E-state index contributed by atoms with van der Waals surface area (Å²) in [7, 11) is -6.38. The minimum absolute atomic E-state index is 0.106. The molecule has 0 aliphatic carbocycles. The Morgan fingerprint density at radius 3 is 2.37 bits per heavy atom. The van der Waals surface area contributed by atoms with E-state index in [0.717, 1.165) is 39.1 Å². The van der Waals surface area contributed by atoms with Crippen molar-refractivity contribution in [2.75, 3.05) is 36.0 Å². The second-order valence-electron chi connectivity index (χ2n) is 9.08. The van der Waals surface area contributed by atoms with E-state index in [9.17, 15) is 26.0 Å². The third kappa shape index (κ3) is 6.61. The van der Waals surface area contributed by atoms with Crippen LogP contribution in [0.5, 0.6) is 5.75 Å². The van der Waals surface area contributed by atoms with E-state index in [-0.39, 0.29) is 35.1 Å². The summed E-state index contributed by atoms with van der Waals surface area (Å²) in [4.78, 5) is 12.0. The fourth-order valence-electron chi connectivity index (χ4n) is 3.29. The summed E-state index contributed by atoms with van der Waals surface area (Å²) in [5.74, 6) is -0.425. The van der Waals surface area contributed by atoms with Crippen molar-refractivity contribution in [1.29, 1.82) is 0 Å². The first kappa shape index (κ1) is 26.7. The number of halogens is 1. The first-order valence-electron chi connectivity index (χ1n) is 10.6. The molecule has 1 amide bonds. The highest BCUT2D eigenvalue weighted by atomic mass is 32.2. The van der Waals surface area contributed by atoms with Crippen LogP contribution in [0.1, 0.15) is 20.8 Å². The average Bonchev–Trinajstić information content (AvgIpc) is 2.71. The number of carbonyl (C=O) groups excluding carboxylic acids is 1. The minimum Gasteiger partial charge on any atom is -0.485 e. The first-order chi connectivity index (χ1) is 16.1. The molecule has 1 aliphatic rings. The summed E-state index contributed by atoms with van der Waals surface area (Å²) >= 11 is 0. The van der Waals surface area contributed by atoms with Gasteiger partial charge in [0.15, 0.2) is 0 Å². The summed E-state index contributed by atoms with van der Waals surface area (Å²) in [6, 6.07) is 8.74. The lowest BCUT2D eigenvalue weighted by atomic mass is 10.2. The lowest BCUT2D eigenvalue weighted by molar-refractivity contribution is 0.0636. The van der Waals surface area contributed by atoms with Crippen LogP contribution in [0.3, 0.4) is 0 Å². The molecule has 0 bridgehead atoms. The molecule has 2 aromatic rings. The van der Waals surface area contributed by atoms with Gasteiger partial charge in [0.2, 0.25) is 10.0 Å². The molecule has 1 aliphatic heterocycles. The second-order valence-corrected chi connectivity index (χ2v) is 13.0. The number of carbonyl (C=O) groups is 1. The highest BCUT2D eigenvalue weighted by molar-refractivity contribution is 7.92. The maximum absolute atomic E-state index is 13.5. The molecule has 1 heterocycles. The smallest absolute Gasteiger partial charge is 0.412 e. The Bertz CT molecular complexity index is 1310. The van der Waals surface area contributed by atoms with E-state index >= 15 is 0 Å². The lowest BCUT2D eigenvalue weighted by Gasteiger charge is -2.36. The zero-order chi connectivity index (χ0) is 26.2. The number of hydrogen-bond acceptors (Lipinski definition) is 7. The fourth-order valence-corrected chi connectivity index (χ4v) is 5.23. The molecule has 2 aromatic carbocycles. The molecular formula is C22H28FN3O7S2. The van der Waals surface area contributed by atoms with Gasteiger partial charge in [-0.05, 0) is 63.2 Å². The molecule has 10 nitrogen and oxygen atoms in total. The first-order valence-corrected chi connectivity index (χ1v) is 13.9. The maximum Gasteiger partial charge on any atom is 0.412 e. The van der Waals surface area contributed by atoms with Gasteiger partial charge in [-0.2, -0.15) is 0 Å². The molecule has 1 atom stereocenters. The predicted molar refractivity (Wildman–Crippen MR) is 129 cm³/mol. The van der Waals surface area contributed by atoms with Gasteiger partial charge in [0.1, 0.15) is 23.3 Å². The molecule has 192 valence electrons. The van der Waals surface area contributed by atoms with Crippen molar-refractivity contribution in [2.45, 2.75) is 37.4 Å². The molecule has 0 saturated carbocycles. The van der Waals surface area contributed by atoms with Crippen molar-refractivity contribution in [3.63, 3.8) is 0 Å². The van der Waals surface area contributed by atoms with Gasteiger partial charge < -0.3 is 9.47 Å². The van der Waals surface area contributed by atoms with E-state index < -0.39 is 43.7 Å². The fraction of sp³-hybridized carbons (Fsp3) is 0.409. The summed E-state index contributed by atoms with van der Waals surface area (Å²) < 4.78 is 77.5. The Labute approximate surface area is 204 Å². The van der Waals surface area contributed by atoms with Gasteiger partial charge in [-0.25, -0.2) is 30.3 Å². The standard InChI is InChI=1S/C22H28FN3O7S2/c1-22(2,3)33-21(27)24-16-8-11-20-19(12-16)26(14-17(32-20)13-25(4)34(5,28)29)35(30,31)18-9-6-15(23)7-10-18/h6-12,17H,13-14H2,1-5H3,(H,24,27). The molecule has 3 rings (SSSR count). The van der Waals surface area contributed by atoms with Crippen LogP contribution in [0.25, 0.3) is 0 Å². The highest BCUT2D eigenvalue weighted by Gasteiger charge is 2.36. The van der Waals surface area contributed by atoms with Crippen LogP contribution in [0.4, 0.5) is 20.6 Å². The van der Waals surface area contributed by atoms with Crippen molar-refractivity contribution in [3.8, 4) is 5.75 Å². The van der Waals surface area contributed by atoms with Crippen molar-refractivity contribution in [1.82, 2.24) is 4.31 Å². The van der Waals surface area contributed by atoms with E-state index in [1.807, 2.05) is 0 Å². The topological polar surface area (TPSA) is 122 Å². The van der Waals surface area contributed by atoms with Crippen LogP contribution in [0.15, 0.2) is 47.4 Å². The van der Waals surface area contributed by atoms with Crippen LogP contribution in [0.2, 0.25) is 0 Å². The van der Waals surface area contributed by atoms with Crippen molar-refractivity contribution in [2.24, 2.45) is 0 Å². The molecule has 0 fully saturated rings. The SMILES string of the molecule is CN(CC1CN(S(=O)(=O)c2ccc(F)cc2)c2cc(NC(=O)OC(C)(C)C)ccc2O1)S(C)(=O)=O. The molecule has 0 aromatic heterocycles. The van der Waals surface area contributed by atoms with Crippen LogP contribution >= 0.6 is 0 Å². The Balaban J connectivity index is 2.01. The molecule has 13 heteroatoms. The minimum atomic E-state index is -4.20. The van der Waals surface area contributed by atoms with Gasteiger partial charge in [0, 0.05) is 12.7 Å². The van der Waals surface area contributed by atoms with Crippen molar-refractivity contribution < 1.29 is 35.5 Å². The summed E-state index contributed by atoms with van der Waals surface area (Å²) in [6.45, 7) is 4.79. The van der Waals surface area contributed by atoms with Gasteiger partial charge in [-0.15, -0.1) is 0 Å². The number of rotatable bonds is 6. The Kier molecular flexibility index (Phi) is 7.34. The van der Waals surface area contributed by atoms with Crippen LogP contribution in [-0.2, 0) is 24.8 Å². The lowest BCUT2D eigenvalue weighted by Crippen LogP contribution is -2.48. The van der Waals surface area contributed by atoms with Gasteiger partial charge in [-0.1, -0.05) is 0 Å². The molecule has 0 radical (unpaired) electrons. The van der Waals surface area contributed by atoms with Gasteiger partial charge in [0.25, 0.3) is 10.0 Å². The average molecular weight is 530 g/mol. The van der Waals surface area contributed by atoms with Gasteiger partial charge in [0.05, 0.1) is 29.9 Å². The normalized spacial score (nSPS) is 16.4. The summed E-state index contributed by atoms with van der Waals surface area (Å²) in [5.41, 5.74) is -0.355. The molecule has 1 N–H and O–H groups in total. The second kappa shape index (κ2) is 9.63. The molecule has 1 unspecified atom stereocenters. The number of nitrogens with zero attached hydrogens (tertiary/aromatic N) is 2. The van der Waals surface area contributed by atoms with E-state index in [2.05, 4.69) is 5.32 Å². The largest absolute Gasteiger partial charge is 0.485 e. The number of likely N-dealkylation sites (N-methyl/N-ethyl adjacent to an activating group) is 1. The number of hydrogen-bond donors (Lipinski definition) is 1. The monoisotopic (exact) mass is 529 g/mol. The van der Waals surface area contributed by atoms with Crippen molar-refractivity contribution in [3.05, 3.63) is 48.3 Å². The number of amides is 1. The van der Waals surface area contributed by atoms with E-state index in [1.165, 1.54) is 25.2 Å². The summed E-state index contributed by atoms with van der Waals surface area (Å²) in [5, 5.41) is 2.56. The van der Waals surface area contributed by atoms with E-state index in [4.69, 9.17) is 9.47 Å². The Morgan fingerprint density at radius 1 is 1.17 bits per heavy atom. The number of sulfonamides is 2. The highest BCUT2D eigenvalue weighted by Crippen LogP contribution is 2.39. The zero-order valence-electron chi connectivity index (χ0n) is 20.0. The molecule has 0 spiro atoms. The van der Waals surface area contributed by atoms with Gasteiger partial charge >= 0.3 is 6.09 Å². The van der Waals surface area contributed by atoms with Gasteiger partial charge in [-0.3, -0.25) is 9.62 Å². The third-order valence-corrected chi connectivity index (χ3v) is 8.04. The Morgan fingerprint density at radius 2 is 1.80 bits per heavy atom. The van der Waals surface area contributed by atoms with E-state index in [1.54, 1.807) is 20.8 Å². The number of nitrogens with one attached hydrogen (secondary N) is 1. The number of benzene rings is 2. The number of fused-ring (bicyclic) bond motifs is 1. The maximum atomic E-state index is 13.5. The number of ether oxygens (including phenoxy) is 2. The van der Waals surface area contributed by atoms with Crippen molar-refractivity contribution >= 4 is 37.5 Å². The zero-order valence-corrected chi connectivity index (χ0v) is 21.6. The molecule has 0 saturated heterocycles. The summed E-state index contributed by atoms with van der Waals surface area (Å²) in [6.07, 6.45) is -0.525. The molecular weight excluding hydrogens is 501 g/mol. The van der Waals surface area contributed by atoms with E-state index in [0.29, 0.717) is 0 Å². The quantitative estimate of drug-likeness (QED) is 0.610. The van der Waals surface area contributed by atoms with Crippen LogP contribution in [0, 0.1) is 5.82 Å². The molecule has 35 heavy (non-hydrogen) atoms. The number of anilines is 2. The predicted octanol–water partition coefficient (Wildman–Crippen LogP) is 3.02.